The van der Waals surface area contributed by atoms with E-state index in [0.29, 0.717) is 5.75 Å². The summed E-state index contributed by atoms with van der Waals surface area (Å²) in [4.78, 5) is 11.9. The summed E-state index contributed by atoms with van der Waals surface area (Å²) in [5.41, 5.74) is -1.34. The highest BCUT2D eigenvalue weighted by atomic mass is 31.2. The highest BCUT2D eigenvalue weighted by molar-refractivity contribution is 7.63. The van der Waals surface area contributed by atoms with Gasteiger partial charge in [0.2, 0.25) is 11.7 Å². The molecular weight excluding hydrogens is 254 g/mol. The summed E-state index contributed by atoms with van der Waals surface area (Å²) in [6, 6.07) is 8.69. The van der Waals surface area contributed by atoms with Crippen LogP contribution in [0.2, 0.25) is 0 Å². The van der Waals surface area contributed by atoms with Crippen LogP contribution < -0.4 is 4.74 Å². The second kappa shape index (κ2) is 5.23. The van der Waals surface area contributed by atoms with Gasteiger partial charge in [-0.2, -0.15) is 0 Å². The molecule has 0 amide bonds. The van der Waals surface area contributed by atoms with Crippen LogP contribution in [0.15, 0.2) is 30.3 Å². The number of rotatable bonds is 5. The predicted octanol–water partition coefficient (Wildman–Crippen LogP) is 3.33. The number of carbonyl (C=O) groups excluding carboxylic acids is 1. The number of ether oxygens (including phenoxy) is 1. The van der Waals surface area contributed by atoms with E-state index < -0.39 is 24.4 Å². The molecule has 1 aromatic rings. The fourth-order valence-electron chi connectivity index (χ4n) is 1.40. The van der Waals surface area contributed by atoms with Crippen molar-refractivity contribution in [2.45, 2.75) is 25.4 Å². The maximum atomic E-state index is 13.8. The molecular formula is C13H18FO3P. The van der Waals surface area contributed by atoms with Crippen LogP contribution >= 0.6 is 7.14 Å². The summed E-state index contributed by atoms with van der Waals surface area (Å²) >= 11 is 0. The molecule has 100 valence electrons. The second-order valence-electron chi connectivity index (χ2n) is 5.06. The molecule has 0 aliphatic rings. The van der Waals surface area contributed by atoms with Gasteiger partial charge in [0.05, 0.1) is 0 Å². The zero-order chi connectivity index (χ0) is 14.0. The largest absolute Gasteiger partial charge is 0.480 e. The van der Waals surface area contributed by atoms with Crippen molar-refractivity contribution in [3.63, 3.8) is 0 Å². The molecule has 0 radical (unpaired) electrons. The normalized spacial score (nSPS) is 14.1. The van der Waals surface area contributed by atoms with E-state index in [2.05, 4.69) is 0 Å². The van der Waals surface area contributed by atoms with Gasteiger partial charge in [-0.3, -0.25) is 4.79 Å². The van der Waals surface area contributed by atoms with Gasteiger partial charge in [-0.1, -0.05) is 18.2 Å². The molecule has 1 unspecified atom stereocenters. The minimum absolute atomic E-state index is 0.477. The number of benzene rings is 1. The molecule has 5 heteroatoms. The van der Waals surface area contributed by atoms with Crippen molar-refractivity contribution in [2.75, 3.05) is 13.3 Å². The third-order valence-electron chi connectivity index (χ3n) is 2.47. The maximum Gasteiger partial charge on any atom is 0.217 e. The van der Waals surface area contributed by atoms with Crippen LogP contribution in [0.1, 0.15) is 13.8 Å². The van der Waals surface area contributed by atoms with Gasteiger partial charge in [0.1, 0.15) is 12.9 Å². The lowest BCUT2D eigenvalue weighted by molar-refractivity contribution is -0.134. The van der Waals surface area contributed by atoms with Gasteiger partial charge < -0.3 is 9.30 Å². The molecule has 1 aromatic carbocycles. The standard InChI is InChI=1S/C13H18FO3P/c1-13(2,11(15)12(14)18(3,4)16)17-10-8-6-5-7-9-10/h5-9,12H,1-4H3. The lowest BCUT2D eigenvalue weighted by Crippen LogP contribution is -2.43. The van der Waals surface area contributed by atoms with E-state index in [1.807, 2.05) is 6.07 Å². The van der Waals surface area contributed by atoms with Crippen molar-refractivity contribution in [2.24, 2.45) is 0 Å². The van der Waals surface area contributed by atoms with E-state index in [-0.39, 0.29) is 0 Å². The number of carbonyl (C=O) groups is 1. The average Bonchev–Trinajstić information content (AvgIpc) is 2.26. The minimum Gasteiger partial charge on any atom is -0.480 e. The Kier molecular flexibility index (Phi) is 4.33. The molecule has 0 heterocycles. The molecule has 0 fully saturated rings. The molecule has 0 bridgehead atoms. The number of ketones is 1. The fourth-order valence-corrected chi connectivity index (χ4v) is 2.28. The third kappa shape index (κ3) is 3.67. The molecule has 3 nitrogen and oxygen atoms in total. The van der Waals surface area contributed by atoms with Crippen LogP contribution in [-0.4, -0.2) is 30.6 Å². The number of hydrogen-bond donors (Lipinski definition) is 0. The predicted molar refractivity (Wildman–Crippen MR) is 70.5 cm³/mol. The Labute approximate surface area is 107 Å². The van der Waals surface area contributed by atoms with Crippen molar-refractivity contribution in [3.8, 4) is 5.75 Å². The highest BCUT2D eigenvalue weighted by Crippen LogP contribution is 2.45. The summed E-state index contributed by atoms with van der Waals surface area (Å²) in [7, 11) is -3.11. The smallest absolute Gasteiger partial charge is 0.217 e. The molecule has 0 N–H and O–H groups in total. The fraction of sp³-hybridized carbons (Fsp3) is 0.462. The molecule has 0 saturated heterocycles. The zero-order valence-corrected chi connectivity index (χ0v) is 11.9. The summed E-state index contributed by atoms with van der Waals surface area (Å²) in [5.74, 6) is -2.30. The number of alkyl halides is 1. The Balaban J connectivity index is 2.87. The van der Waals surface area contributed by atoms with Crippen LogP contribution in [0.25, 0.3) is 0 Å². The van der Waals surface area contributed by atoms with Crippen LogP contribution in [0, 0.1) is 0 Å². The van der Waals surface area contributed by atoms with E-state index in [0.717, 1.165) is 0 Å². The number of hydrogen-bond acceptors (Lipinski definition) is 3. The SMILES string of the molecule is CC(C)(Oc1ccccc1)C(=O)C(F)P(C)(C)=O. The average molecular weight is 272 g/mol. The Morgan fingerprint density at radius 1 is 1.28 bits per heavy atom. The maximum absolute atomic E-state index is 13.8. The molecule has 0 aromatic heterocycles. The van der Waals surface area contributed by atoms with E-state index in [4.69, 9.17) is 4.74 Å². The molecule has 18 heavy (non-hydrogen) atoms. The first-order valence-electron chi connectivity index (χ1n) is 5.62. The van der Waals surface area contributed by atoms with Crippen LogP contribution in [0.4, 0.5) is 4.39 Å². The first kappa shape index (κ1) is 14.9. The number of halogens is 1. The van der Waals surface area contributed by atoms with Gasteiger partial charge in [0, 0.05) is 0 Å². The van der Waals surface area contributed by atoms with Gasteiger partial charge in [0.25, 0.3) is 0 Å². The summed E-state index contributed by atoms with van der Waals surface area (Å²) in [6.07, 6.45) is 0. The Morgan fingerprint density at radius 2 is 1.78 bits per heavy atom. The van der Waals surface area contributed by atoms with Gasteiger partial charge in [-0.05, 0) is 39.3 Å². The summed E-state index contributed by atoms with van der Waals surface area (Å²) in [5, 5.41) is 0. The Hall–Kier alpha value is -1.15. The zero-order valence-electron chi connectivity index (χ0n) is 11.0. The van der Waals surface area contributed by atoms with Crippen molar-refractivity contribution >= 4 is 12.9 Å². The summed E-state index contributed by atoms with van der Waals surface area (Å²) in [6.45, 7) is 5.47. The topological polar surface area (TPSA) is 43.4 Å². The third-order valence-corrected chi connectivity index (χ3v) is 3.80. The van der Waals surface area contributed by atoms with Crippen molar-refractivity contribution in [1.29, 1.82) is 0 Å². The summed E-state index contributed by atoms with van der Waals surface area (Å²) < 4.78 is 30.9. The first-order chi connectivity index (χ1) is 8.14. The second-order valence-corrected chi connectivity index (χ2v) is 8.38. The van der Waals surface area contributed by atoms with Crippen LogP contribution in [0.5, 0.6) is 5.75 Å². The van der Waals surface area contributed by atoms with Gasteiger partial charge >= 0.3 is 0 Å². The highest BCUT2D eigenvalue weighted by Gasteiger charge is 2.41. The molecule has 1 rings (SSSR count). The first-order valence-corrected chi connectivity index (χ1v) is 8.29. The van der Waals surface area contributed by atoms with E-state index in [1.54, 1.807) is 24.3 Å². The van der Waals surface area contributed by atoms with Gasteiger partial charge in [0.15, 0.2) is 5.60 Å². The lowest BCUT2D eigenvalue weighted by atomic mass is 10.0. The molecule has 0 saturated carbocycles. The minimum atomic E-state index is -3.11. The monoisotopic (exact) mass is 272 g/mol. The molecule has 0 aliphatic carbocycles. The molecule has 0 aliphatic heterocycles. The van der Waals surface area contributed by atoms with Gasteiger partial charge in [-0.25, -0.2) is 4.39 Å². The van der Waals surface area contributed by atoms with Crippen LogP contribution in [-0.2, 0) is 9.36 Å². The van der Waals surface area contributed by atoms with Crippen LogP contribution in [0.3, 0.4) is 0 Å². The van der Waals surface area contributed by atoms with Crippen molar-refractivity contribution in [1.82, 2.24) is 0 Å². The van der Waals surface area contributed by atoms with Gasteiger partial charge in [-0.15, -0.1) is 0 Å². The quantitative estimate of drug-likeness (QED) is 0.772. The lowest BCUT2D eigenvalue weighted by Gasteiger charge is -2.27. The Morgan fingerprint density at radius 3 is 2.22 bits per heavy atom. The Bertz CT molecular complexity index is 464. The van der Waals surface area contributed by atoms with E-state index >= 15 is 0 Å². The van der Waals surface area contributed by atoms with Crippen molar-refractivity contribution < 1.29 is 18.5 Å². The molecule has 0 spiro atoms. The van der Waals surface area contributed by atoms with E-state index in [1.165, 1.54) is 27.2 Å². The molecule has 1 atom stereocenters. The number of Topliss-reactive ketones (excluding diaryl/α,β-unsaturated/α-hetero) is 1. The number of para-hydroxylation sites is 1. The van der Waals surface area contributed by atoms with E-state index in [9.17, 15) is 13.8 Å². The van der Waals surface area contributed by atoms with Crippen molar-refractivity contribution in [3.05, 3.63) is 30.3 Å².